The van der Waals surface area contributed by atoms with Gasteiger partial charge >= 0.3 is 0 Å². The van der Waals surface area contributed by atoms with E-state index in [9.17, 15) is 4.79 Å². The van der Waals surface area contributed by atoms with Gasteiger partial charge in [-0.2, -0.15) is 5.10 Å². The Morgan fingerprint density at radius 3 is 2.55 bits per heavy atom. The van der Waals surface area contributed by atoms with E-state index in [0.717, 1.165) is 16.8 Å². The molecule has 0 bridgehead atoms. The van der Waals surface area contributed by atoms with Gasteiger partial charge in [-0.15, -0.1) is 11.6 Å². The smallest absolute Gasteiger partial charge is 0.227 e. The standard InChI is InChI=1S/C15H18ClN3O/c1-15(2,10-16)14(20)17-9-11-3-5-12(6-4-11)13-7-8-18-19-13/h3-8H,9-10H2,1-2H3,(H,17,20)(H,18,19). The van der Waals surface area contributed by atoms with Gasteiger partial charge in [-0.1, -0.05) is 24.3 Å². The van der Waals surface area contributed by atoms with Crippen molar-refractivity contribution >= 4 is 17.5 Å². The number of nitrogens with one attached hydrogen (secondary N) is 2. The summed E-state index contributed by atoms with van der Waals surface area (Å²) in [4.78, 5) is 11.9. The summed E-state index contributed by atoms with van der Waals surface area (Å²) >= 11 is 5.78. The average molecular weight is 292 g/mol. The van der Waals surface area contributed by atoms with Crippen LogP contribution in [0, 0.1) is 5.41 Å². The van der Waals surface area contributed by atoms with Crippen LogP contribution in [-0.2, 0) is 11.3 Å². The molecule has 0 fully saturated rings. The van der Waals surface area contributed by atoms with Crippen molar-refractivity contribution < 1.29 is 4.79 Å². The number of hydrogen-bond acceptors (Lipinski definition) is 2. The number of rotatable bonds is 5. The van der Waals surface area contributed by atoms with Crippen LogP contribution in [0.2, 0.25) is 0 Å². The van der Waals surface area contributed by atoms with Gasteiger partial charge < -0.3 is 5.32 Å². The van der Waals surface area contributed by atoms with E-state index in [1.54, 1.807) is 6.20 Å². The largest absolute Gasteiger partial charge is 0.352 e. The number of nitrogens with zero attached hydrogens (tertiary/aromatic N) is 1. The summed E-state index contributed by atoms with van der Waals surface area (Å²) in [5, 5.41) is 9.74. The Morgan fingerprint density at radius 1 is 1.30 bits per heavy atom. The number of aromatic nitrogens is 2. The van der Waals surface area contributed by atoms with Gasteiger partial charge in [0.25, 0.3) is 0 Å². The van der Waals surface area contributed by atoms with Gasteiger partial charge in [-0.25, -0.2) is 0 Å². The second-order valence-corrected chi connectivity index (χ2v) is 5.63. The van der Waals surface area contributed by atoms with Crippen LogP contribution in [0.25, 0.3) is 11.3 Å². The minimum absolute atomic E-state index is 0.0369. The number of benzene rings is 1. The second kappa shape index (κ2) is 6.09. The van der Waals surface area contributed by atoms with Crippen LogP contribution in [0.3, 0.4) is 0 Å². The molecule has 1 aromatic heterocycles. The maximum atomic E-state index is 11.9. The zero-order chi connectivity index (χ0) is 14.6. The lowest BCUT2D eigenvalue weighted by Crippen LogP contribution is -2.37. The number of hydrogen-bond donors (Lipinski definition) is 2. The molecular formula is C15H18ClN3O. The number of carbonyl (C=O) groups is 1. The maximum Gasteiger partial charge on any atom is 0.227 e. The summed E-state index contributed by atoms with van der Waals surface area (Å²) in [6, 6.07) is 9.90. The molecule has 0 unspecified atom stereocenters. The van der Waals surface area contributed by atoms with E-state index in [-0.39, 0.29) is 5.91 Å². The van der Waals surface area contributed by atoms with Crippen LogP contribution in [0.15, 0.2) is 36.5 Å². The molecule has 0 spiro atoms. The molecule has 2 aromatic rings. The third-order valence-corrected chi connectivity index (χ3v) is 3.84. The fourth-order valence-corrected chi connectivity index (χ4v) is 1.82. The zero-order valence-corrected chi connectivity index (χ0v) is 12.4. The van der Waals surface area contributed by atoms with Crippen molar-refractivity contribution in [3.05, 3.63) is 42.1 Å². The summed E-state index contributed by atoms with van der Waals surface area (Å²) in [5.74, 6) is 0.266. The normalized spacial score (nSPS) is 11.3. The molecule has 4 nitrogen and oxygen atoms in total. The number of alkyl halides is 1. The second-order valence-electron chi connectivity index (χ2n) is 5.37. The van der Waals surface area contributed by atoms with Crippen molar-refractivity contribution in [3.8, 4) is 11.3 Å². The third-order valence-electron chi connectivity index (χ3n) is 3.17. The fraction of sp³-hybridized carbons (Fsp3) is 0.333. The number of amides is 1. The molecule has 20 heavy (non-hydrogen) atoms. The van der Waals surface area contributed by atoms with E-state index in [4.69, 9.17) is 11.6 Å². The SMILES string of the molecule is CC(C)(CCl)C(=O)NCc1ccc(-c2ccn[nH]2)cc1. The molecule has 0 aliphatic carbocycles. The van der Waals surface area contributed by atoms with Crippen LogP contribution in [0.5, 0.6) is 0 Å². The number of carbonyl (C=O) groups excluding carboxylic acids is 1. The molecule has 1 aromatic carbocycles. The average Bonchev–Trinajstić information content (AvgIpc) is 2.99. The van der Waals surface area contributed by atoms with Gasteiger partial charge in [0.15, 0.2) is 0 Å². The van der Waals surface area contributed by atoms with E-state index >= 15 is 0 Å². The zero-order valence-electron chi connectivity index (χ0n) is 11.6. The third kappa shape index (κ3) is 3.39. The molecule has 0 saturated heterocycles. The molecule has 106 valence electrons. The Hall–Kier alpha value is -1.81. The first-order valence-corrected chi connectivity index (χ1v) is 6.99. The summed E-state index contributed by atoms with van der Waals surface area (Å²) in [6.45, 7) is 4.16. The molecule has 1 amide bonds. The lowest BCUT2D eigenvalue weighted by atomic mass is 9.95. The highest BCUT2D eigenvalue weighted by Crippen LogP contribution is 2.18. The van der Waals surface area contributed by atoms with Crippen molar-refractivity contribution in [2.45, 2.75) is 20.4 Å². The molecule has 0 aliphatic rings. The van der Waals surface area contributed by atoms with E-state index in [1.807, 2.05) is 44.2 Å². The Balaban J connectivity index is 1.96. The predicted molar refractivity (Wildman–Crippen MR) is 80.4 cm³/mol. The summed E-state index contributed by atoms with van der Waals surface area (Å²) in [5.41, 5.74) is 2.55. The number of halogens is 1. The summed E-state index contributed by atoms with van der Waals surface area (Å²) in [6.07, 6.45) is 1.72. The molecule has 0 aliphatic heterocycles. The molecule has 5 heteroatoms. The van der Waals surface area contributed by atoms with Crippen LogP contribution in [0.1, 0.15) is 19.4 Å². The maximum absolute atomic E-state index is 11.9. The van der Waals surface area contributed by atoms with Gasteiger partial charge in [0.2, 0.25) is 5.91 Å². The molecule has 2 rings (SSSR count). The highest BCUT2D eigenvalue weighted by atomic mass is 35.5. The van der Waals surface area contributed by atoms with Gasteiger partial charge in [-0.3, -0.25) is 9.89 Å². The Labute approximate surface area is 123 Å². The molecule has 1 heterocycles. The molecule has 0 radical (unpaired) electrons. The molecule has 2 N–H and O–H groups in total. The van der Waals surface area contributed by atoms with Gasteiger partial charge in [0.1, 0.15) is 0 Å². The highest BCUT2D eigenvalue weighted by molar-refractivity contribution is 6.19. The van der Waals surface area contributed by atoms with Crippen LogP contribution in [0.4, 0.5) is 0 Å². The van der Waals surface area contributed by atoms with Crippen molar-refractivity contribution in [2.75, 3.05) is 5.88 Å². The summed E-state index contributed by atoms with van der Waals surface area (Å²) < 4.78 is 0. The Morgan fingerprint density at radius 2 is 2.00 bits per heavy atom. The Bertz CT molecular complexity index is 561. The van der Waals surface area contributed by atoms with Crippen molar-refractivity contribution in [2.24, 2.45) is 5.41 Å². The first kappa shape index (κ1) is 14.6. The molecular weight excluding hydrogens is 274 g/mol. The highest BCUT2D eigenvalue weighted by Gasteiger charge is 2.25. The number of aromatic amines is 1. The molecule has 0 atom stereocenters. The number of H-pyrrole nitrogens is 1. The minimum atomic E-state index is -0.544. The van der Waals surface area contributed by atoms with Crippen LogP contribution < -0.4 is 5.32 Å². The monoisotopic (exact) mass is 291 g/mol. The quantitative estimate of drug-likeness (QED) is 0.832. The van der Waals surface area contributed by atoms with Crippen molar-refractivity contribution in [1.29, 1.82) is 0 Å². The van der Waals surface area contributed by atoms with E-state index < -0.39 is 5.41 Å². The van der Waals surface area contributed by atoms with Gasteiger partial charge in [0.05, 0.1) is 11.1 Å². The first-order valence-electron chi connectivity index (χ1n) is 6.46. The van der Waals surface area contributed by atoms with E-state index in [2.05, 4.69) is 15.5 Å². The van der Waals surface area contributed by atoms with Crippen molar-refractivity contribution in [1.82, 2.24) is 15.5 Å². The van der Waals surface area contributed by atoms with Gasteiger partial charge in [0, 0.05) is 18.6 Å². The van der Waals surface area contributed by atoms with Crippen molar-refractivity contribution in [3.63, 3.8) is 0 Å². The topological polar surface area (TPSA) is 57.8 Å². The predicted octanol–water partition coefficient (Wildman–Crippen LogP) is 2.96. The van der Waals surface area contributed by atoms with Gasteiger partial charge in [-0.05, 0) is 31.0 Å². The first-order chi connectivity index (χ1) is 9.53. The van der Waals surface area contributed by atoms with E-state index in [1.165, 1.54) is 0 Å². The lowest BCUT2D eigenvalue weighted by molar-refractivity contribution is -0.128. The minimum Gasteiger partial charge on any atom is -0.352 e. The van der Waals surface area contributed by atoms with Crippen LogP contribution >= 0.6 is 11.6 Å². The van der Waals surface area contributed by atoms with Crippen LogP contribution in [-0.4, -0.2) is 22.0 Å². The Kier molecular flexibility index (Phi) is 4.45. The fourth-order valence-electron chi connectivity index (χ4n) is 1.70. The molecule has 0 saturated carbocycles. The summed E-state index contributed by atoms with van der Waals surface area (Å²) in [7, 11) is 0. The lowest BCUT2D eigenvalue weighted by Gasteiger charge is -2.20. The van der Waals surface area contributed by atoms with E-state index in [0.29, 0.717) is 12.4 Å².